The Morgan fingerprint density at radius 1 is 0.931 bits per heavy atom. The minimum atomic E-state index is -1.10. The van der Waals surface area contributed by atoms with Gasteiger partial charge in [-0.2, -0.15) is 4.98 Å². The minimum absolute atomic E-state index is 0.145. The van der Waals surface area contributed by atoms with Crippen molar-refractivity contribution in [3.8, 4) is 0 Å². The van der Waals surface area contributed by atoms with Crippen LogP contribution in [-0.2, 0) is 4.74 Å². The van der Waals surface area contributed by atoms with E-state index in [1.54, 1.807) is 48.5 Å². The van der Waals surface area contributed by atoms with Crippen molar-refractivity contribution >= 4 is 17.5 Å². The number of Topliss-reactive ketones (excluding diaryl/α,β-unsaturated/α-hetero) is 1. The van der Waals surface area contributed by atoms with Gasteiger partial charge in [0.25, 0.3) is 11.6 Å². The zero-order valence-corrected chi connectivity index (χ0v) is 15.9. The summed E-state index contributed by atoms with van der Waals surface area (Å²) in [6.07, 6.45) is -1.10. The third-order valence-corrected chi connectivity index (χ3v) is 4.42. The van der Waals surface area contributed by atoms with Crippen LogP contribution in [0.4, 0.5) is 0 Å². The molecule has 0 aliphatic heterocycles. The average molecular weight is 386 g/mol. The second-order valence-corrected chi connectivity index (χ2v) is 6.61. The first-order valence-corrected chi connectivity index (χ1v) is 9.09. The Labute approximate surface area is 167 Å². The molecule has 0 spiro atoms. The van der Waals surface area contributed by atoms with E-state index in [1.165, 1.54) is 4.52 Å². The number of hydrogen-bond donors (Lipinski definition) is 0. The van der Waals surface area contributed by atoms with Gasteiger partial charge in [-0.1, -0.05) is 60.7 Å². The lowest BCUT2D eigenvalue weighted by molar-refractivity contribution is 0.0268. The summed E-state index contributed by atoms with van der Waals surface area (Å²) >= 11 is 0. The molecule has 4 aromatic rings. The summed E-state index contributed by atoms with van der Waals surface area (Å²) in [5.74, 6) is -0.946. The van der Waals surface area contributed by atoms with E-state index in [1.807, 2.05) is 32.0 Å². The lowest BCUT2D eigenvalue weighted by atomic mass is 10.00. The Balaban J connectivity index is 1.68. The average Bonchev–Trinajstić information content (AvgIpc) is 3.17. The van der Waals surface area contributed by atoms with E-state index in [-0.39, 0.29) is 11.6 Å². The van der Waals surface area contributed by atoms with Crippen LogP contribution in [0, 0.1) is 13.8 Å². The number of ether oxygens (including phenoxy) is 1. The zero-order valence-electron chi connectivity index (χ0n) is 15.9. The van der Waals surface area contributed by atoms with Crippen molar-refractivity contribution in [1.82, 2.24) is 19.6 Å². The van der Waals surface area contributed by atoms with E-state index in [9.17, 15) is 9.59 Å². The van der Waals surface area contributed by atoms with Crippen molar-refractivity contribution in [2.75, 3.05) is 0 Å². The molecular weight excluding hydrogens is 368 g/mol. The number of nitrogens with zero attached hydrogens (tertiary/aromatic N) is 4. The number of carbonyl (C=O) groups is 2. The van der Waals surface area contributed by atoms with Crippen LogP contribution >= 0.6 is 0 Å². The predicted octanol–water partition coefficient (Wildman–Crippen LogP) is 3.52. The zero-order chi connectivity index (χ0) is 20.4. The highest BCUT2D eigenvalue weighted by atomic mass is 16.5. The van der Waals surface area contributed by atoms with Crippen LogP contribution in [0.5, 0.6) is 0 Å². The van der Waals surface area contributed by atoms with Crippen LogP contribution in [0.3, 0.4) is 0 Å². The fraction of sp³-hybridized carbons (Fsp3) is 0.136. The van der Waals surface area contributed by atoms with Crippen LogP contribution in [0.1, 0.15) is 44.0 Å². The fourth-order valence-corrected chi connectivity index (χ4v) is 3.07. The van der Waals surface area contributed by atoms with Gasteiger partial charge in [-0.25, -0.2) is 14.3 Å². The quantitative estimate of drug-likeness (QED) is 0.385. The van der Waals surface area contributed by atoms with Gasteiger partial charge in [-0.15, -0.1) is 5.10 Å². The van der Waals surface area contributed by atoms with Gasteiger partial charge in [0.05, 0.1) is 0 Å². The summed E-state index contributed by atoms with van der Waals surface area (Å²) < 4.78 is 7.06. The number of esters is 1. The minimum Gasteiger partial charge on any atom is -0.443 e. The molecule has 2 aromatic heterocycles. The third-order valence-electron chi connectivity index (χ3n) is 4.42. The van der Waals surface area contributed by atoms with E-state index < -0.39 is 12.1 Å². The van der Waals surface area contributed by atoms with E-state index in [0.29, 0.717) is 16.9 Å². The highest BCUT2D eigenvalue weighted by Crippen LogP contribution is 2.23. The summed E-state index contributed by atoms with van der Waals surface area (Å²) in [6, 6.07) is 19.4. The summed E-state index contributed by atoms with van der Waals surface area (Å²) in [7, 11) is 0. The molecule has 0 radical (unpaired) electrons. The van der Waals surface area contributed by atoms with Gasteiger partial charge in [-0.05, 0) is 19.9 Å². The Bertz CT molecular complexity index is 1190. The van der Waals surface area contributed by atoms with Crippen molar-refractivity contribution in [1.29, 1.82) is 0 Å². The second kappa shape index (κ2) is 7.63. The van der Waals surface area contributed by atoms with Gasteiger partial charge >= 0.3 is 5.97 Å². The van der Waals surface area contributed by atoms with E-state index in [0.717, 1.165) is 11.4 Å². The number of carbonyl (C=O) groups excluding carboxylic acids is 2. The molecule has 0 N–H and O–H groups in total. The number of fused-ring (bicyclic) bond motifs is 1. The first-order valence-electron chi connectivity index (χ1n) is 9.09. The maximum absolute atomic E-state index is 13.0. The Kier molecular flexibility index (Phi) is 4.87. The fourth-order valence-electron chi connectivity index (χ4n) is 3.07. The first kappa shape index (κ1) is 18.5. The van der Waals surface area contributed by atoms with Gasteiger partial charge in [0.15, 0.2) is 6.10 Å². The van der Waals surface area contributed by atoms with Crippen LogP contribution in [-0.4, -0.2) is 31.3 Å². The Morgan fingerprint density at radius 2 is 1.59 bits per heavy atom. The van der Waals surface area contributed by atoms with Crippen molar-refractivity contribution in [3.05, 3.63) is 95.1 Å². The van der Waals surface area contributed by atoms with Gasteiger partial charge in [0.2, 0.25) is 5.78 Å². The largest absolute Gasteiger partial charge is 0.443 e. The second-order valence-electron chi connectivity index (χ2n) is 6.61. The van der Waals surface area contributed by atoms with Crippen LogP contribution in [0.25, 0.3) is 5.78 Å². The normalized spacial score (nSPS) is 11.9. The molecule has 29 heavy (non-hydrogen) atoms. The van der Waals surface area contributed by atoms with Crippen molar-refractivity contribution in [2.24, 2.45) is 0 Å². The smallest absolute Gasteiger partial charge is 0.379 e. The summed E-state index contributed by atoms with van der Waals surface area (Å²) in [6.45, 7) is 3.68. The topological polar surface area (TPSA) is 86.5 Å². The van der Waals surface area contributed by atoms with Crippen molar-refractivity contribution in [2.45, 2.75) is 20.0 Å². The van der Waals surface area contributed by atoms with Crippen LogP contribution < -0.4 is 0 Å². The molecule has 0 amide bonds. The summed E-state index contributed by atoms with van der Waals surface area (Å²) in [4.78, 5) is 34.3. The van der Waals surface area contributed by atoms with E-state index in [2.05, 4.69) is 15.1 Å². The maximum Gasteiger partial charge on any atom is 0.379 e. The molecule has 1 atom stereocenters. The molecule has 7 nitrogen and oxygen atoms in total. The van der Waals surface area contributed by atoms with Gasteiger partial charge < -0.3 is 4.74 Å². The third kappa shape index (κ3) is 3.75. The molecule has 0 saturated carbocycles. The molecule has 2 heterocycles. The molecule has 2 aromatic carbocycles. The number of hydrogen-bond acceptors (Lipinski definition) is 6. The maximum atomic E-state index is 13.0. The van der Waals surface area contributed by atoms with E-state index in [4.69, 9.17) is 4.74 Å². The number of aromatic nitrogens is 4. The Hall–Kier alpha value is -3.87. The number of benzene rings is 2. The molecule has 0 saturated heterocycles. The van der Waals surface area contributed by atoms with Gasteiger partial charge in [-0.3, -0.25) is 4.79 Å². The highest BCUT2D eigenvalue weighted by molar-refractivity contribution is 6.01. The van der Waals surface area contributed by atoms with E-state index >= 15 is 0 Å². The van der Waals surface area contributed by atoms with Crippen LogP contribution in [0.2, 0.25) is 0 Å². The number of rotatable bonds is 5. The predicted molar refractivity (Wildman–Crippen MR) is 106 cm³/mol. The molecule has 0 aliphatic rings. The molecule has 0 unspecified atom stereocenters. The van der Waals surface area contributed by atoms with Crippen molar-refractivity contribution in [3.63, 3.8) is 0 Å². The molecule has 4 rings (SSSR count). The summed E-state index contributed by atoms with van der Waals surface area (Å²) in [5, 5.41) is 4.19. The molecule has 0 fully saturated rings. The molecular formula is C22H18N4O3. The Morgan fingerprint density at radius 3 is 2.28 bits per heavy atom. The summed E-state index contributed by atoms with van der Waals surface area (Å²) in [5.41, 5.74) is 2.58. The number of aryl methyl sites for hydroxylation is 2. The number of ketones is 1. The standard InChI is InChI=1S/C22H18N4O3/c1-14-13-15(2)26-22(23-14)24-20(25-26)21(28)29-19(17-11-7-4-8-12-17)18(27)16-9-5-3-6-10-16/h3-13,19H,1-2H3/t19-/m1/s1. The SMILES string of the molecule is Cc1cc(C)n2nc(C(=O)O[C@@H](C(=O)c3ccccc3)c3ccccc3)nc2n1. The monoisotopic (exact) mass is 386 g/mol. The van der Waals surface area contributed by atoms with Gasteiger partial charge in [0.1, 0.15) is 0 Å². The molecule has 144 valence electrons. The van der Waals surface area contributed by atoms with Gasteiger partial charge in [0, 0.05) is 22.5 Å². The molecule has 0 bridgehead atoms. The lowest BCUT2D eigenvalue weighted by Crippen LogP contribution is -2.21. The van der Waals surface area contributed by atoms with Crippen molar-refractivity contribution < 1.29 is 14.3 Å². The van der Waals surface area contributed by atoms with Crippen LogP contribution in [0.15, 0.2) is 66.7 Å². The lowest BCUT2D eigenvalue weighted by Gasteiger charge is -2.16. The first-order chi connectivity index (χ1) is 14.0. The highest BCUT2D eigenvalue weighted by Gasteiger charge is 2.28. The molecule has 0 aliphatic carbocycles. The molecule has 7 heteroatoms.